The topological polar surface area (TPSA) is 45.2 Å². The van der Waals surface area contributed by atoms with Gasteiger partial charge in [0.05, 0.1) is 0 Å². The number of aryl methyl sites for hydroxylation is 1. The fourth-order valence-electron chi connectivity index (χ4n) is 3.53. The second-order valence-electron chi connectivity index (χ2n) is 5.90. The Morgan fingerprint density at radius 1 is 1.36 bits per heavy atom. The first kappa shape index (κ1) is 13.4. The van der Waals surface area contributed by atoms with Crippen molar-refractivity contribution in [3.05, 3.63) is 64.7 Å². The first-order valence-electron chi connectivity index (χ1n) is 7.39. The molecular formula is C17H16FN3O. The van der Waals surface area contributed by atoms with E-state index in [0.29, 0.717) is 24.2 Å². The van der Waals surface area contributed by atoms with Gasteiger partial charge in [-0.3, -0.25) is 15.1 Å². The molecule has 0 aliphatic carbocycles. The van der Waals surface area contributed by atoms with Crippen molar-refractivity contribution in [1.29, 1.82) is 0 Å². The lowest BCUT2D eigenvalue weighted by atomic mass is 9.86. The minimum absolute atomic E-state index is 0.0613. The Labute approximate surface area is 128 Å². The fraction of sp³-hybridized carbons (Fsp3) is 0.294. The van der Waals surface area contributed by atoms with Crippen LogP contribution in [0, 0.1) is 12.7 Å². The summed E-state index contributed by atoms with van der Waals surface area (Å²) in [6.07, 6.45) is 2.29. The lowest BCUT2D eigenvalue weighted by Crippen LogP contribution is -2.56. The predicted octanol–water partition coefficient (Wildman–Crippen LogP) is 1.98. The van der Waals surface area contributed by atoms with Crippen molar-refractivity contribution in [2.24, 2.45) is 0 Å². The molecule has 1 fully saturated rings. The molecule has 0 saturated carbocycles. The minimum Gasteiger partial charge on any atom is -0.313 e. The van der Waals surface area contributed by atoms with Gasteiger partial charge < -0.3 is 4.90 Å². The molecule has 0 bridgehead atoms. The monoisotopic (exact) mass is 297 g/mol. The number of hydrogen-bond acceptors (Lipinski definition) is 3. The highest BCUT2D eigenvalue weighted by Crippen LogP contribution is 2.38. The van der Waals surface area contributed by atoms with Gasteiger partial charge in [-0.25, -0.2) is 4.39 Å². The van der Waals surface area contributed by atoms with Crippen molar-refractivity contribution in [3.8, 4) is 0 Å². The average molecular weight is 297 g/mol. The van der Waals surface area contributed by atoms with Crippen molar-refractivity contribution in [1.82, 2.24) is 15.2 Å². The number of nitrogens with zero attached hydrogens (tertiary/aromatic N) is 2. The molecule has 1 aromatic carbocycles. The SMILES string of the molecule is Cc1cc(C23Cc4cccnc4C(=O)N2CCN3)ccc1F. The van der Waals surface area contributed by atoms with E-state index in [1.165, 1.54) is 6.07 Å². The predicted molar refractivity (Wildman–Crippen MR) is 79.8 cm³/mol. The molecular weight excluding hydrogens is 281 g/mol. The smallest absolute Gasteiger partial charge is 0.274 e. The van der Waals surface area contributed by atoms with Crippen molar-refractivity contribution >= 4 is 5.91 Å². The third kappa shape index (κ3) is 1.72. The van der Waals surface area contributed by atoms with E-state index in [9.17, 15) is 9.18 Å². The molecule has 5 heteroatoms. The van der Waals surface area contributed by atoms with Gasteiger partial charge in [-0.1, -0.05) is 12.1 Å². The first-order valence-corrected chi connectivity index (χ1v) is 7.39. The highest BCUT2D eigenvalue weighted by atomic mass is 19.1. The zero-order valence-electron chi connectivity index (χ0n) is 12.3. The van der Waals surface area contributed by atoms with Crippen LogP contribution in [0.3, 0.4) is 0 Å². The van der Waals surface area contributed by atoms with E-state index in [2.05, 4.69) is 10.3 Å². The number of aromatic nitrogens is 1. The van der Waals surface area contributed by atoms with Gasteiger partial charge in [0.1, 0.15) is 17.2 Å². The summed E-state index contributed by atoms with van der Waals surface area (Å²) in [7, 11) is 0. The zero-order chi connectivity index (χ0) is 15.3. The number of hydrogen-bond donors (Lipinski definition) is 1. The lowest BCUT2D eigenvalue weighted by Gasteiger charge is -2.42. The summed E-state index contributed by atoms with van der Waals surface area (Å²) in [5.74, 6) is -0.289. The van der Waals surface area contributed by atoms with Crippen LogP contribution in [0.4, 0.5) is 4.39 Å². The Kier molecular flexibility index (Phi) is 2.81. The summed E-state index contributed by atoms with van der Waals surface area (Å²) >= 11 is 0. The van der Waals surface area contributed by atoms with Gasteiger partial charge in [0.2, 0.25) is 0 Å². The number of amides is 1. The molecule has 2 aliphatic heterocycles. The van der Waals surface area contributed by atoms with Gasteiger partial charge in [-0.15, -0.1) is 0 Å². The van der Waals surface area contributed by atoms with Gasteiger partial charge in [-0.05, 0) is 41.8 Å². The molecule has 0 spiro atoms. The number of pyridine rings is 1. The molecule has 2 aromatic rings. The standard InChI is InChI=1S/C17H16FN3O/c1-11-9-13(4-5-14(11)18)17-10-12-3-2-6-19-15(12)16(22)21(17)8-7-20-17/h2-6,9,20H,7-8,10H2,1H3. The average Bonchev–Trinajstić information content (AvgIpc) is 2.95. The van der Waals surface area contributed by atoms with Gasteiger partial charge in [-0.2, -0.15) is 0 Å². The van der Waals surface area contributed by atoms with Gasteiger partial charge in [0, 0.05) is 25.7 Å². The molecule has 1 N–H and O–H groups in total. The van der Waals surface area contributed by atoms with Gasteiger partial charge in [0.15, 0.2) is 0 Å². The molecule has 3 heterocycles. The Morgan fingerprint density at radius 2 is 2.23 bits per heavy atom. The molecule has 0 radical (unpaired) electrons. The van der Waals surface area contributed by atoms with E-state index in [-0.39, 0.29) is 11.7 Å². The number of carbonyl (C=O) groups excluding carboxylic acids is 1. The Bertz CT molecular complexity index is 776. The van der Waals surface area contributed by atoms with Crippen molar-refractivity contribution in [2.45, 2.75) is 19.0 Å². The number of rotatable bonds is 1. The molecule has 22 heavy (non-hydrogen) atoms. The largest absolute Gasteiger partial charge is 0.313 e. The lowest BCUT2D eigenvalue weighted by molar-refractivity contribution is 0.0495. The minimum atomic E-state index is -0.592. The molecule has 1 saturated heterocycles. The van der Waals surface area contributed by atoms with Crippen LogP contribution in [0.15, 0.2) is 36.5 Å². The molecule has 1 amide bonds. The van der Waals surface area contributed by atoms with Crippen LogP contribution in [0.1, 0.15) is 27.2 Å². The van der Waals surface area contributed by atoms with Crippen molar-refractivity contribution in [3.63, 3.8) is 0 Å². The van der Waals surface area contributed by atoms with Crippen LogP contribution >= 0.6 is 0 Å². The first-order chi connectivity index (χ1) is 10.6. The van der Waals surface area contributed by atoms with Gasteiger partial charge >= 0.3 is 0 Å². The summed E-state index contributed by atoms with van der Waals surface area (Å²) in [6, 6.07) is 8.86. The molecule has 2 aliphatic rings. The summed E-state index contributed by atoms with van der Waals surface area (Å²) in [5, 5.41) is 3.46. The van der Waals surface area contributed by atoms with Crippen LogP contribution in [-0.4, -0.2) is 28.9 Å². The molecule has 1 aromatic heterocycles. The Morgan fingerprint density at radius 3 is 3.05 bits per heavy atom. The maximum Gasteiger partial charge on any atom is 0.274 e. The molecule has 4 nitrogen and oxygen atoms in total. The fourth-order valence-corrected chi connectivity index (χ4v) is 3.53. The van der Waals surface area contributed by atoms with Crippen LogP contribution in [0.5, 0.6) is 0 Å². The van der Waals surface area contributed by atoms with Crippen molar-refractivity contribution < 1.29 is 9.18 Å². The van der Waals surface area contributed by atoms with Crippen LogP contribution < -0.4 is 5.32 Å². The maximum absolute atomic E-state index is 13.6. The second kappa shape index (κ2) is 4.61. The number of nitrogens with one attached hydrogen (secondary N) is 1. The second-order valence-corrected chi connectivity index (χ2v) is 5.90. The third-order valence-electron chi connectivity index (χ3n) is 4.63. The van der Waals surface area contributed by atoms with Crippen LogP contribution in [0.2, 0.25) is 0 Å². The van der Waals surface area contributed by atoms with E-state index in [0.717, 1.165) is 17.7 Å². The van der Waals surface area contributed by atoms with E-state index < -0.39 is 5.66 Å². The van der Waals surface area contributed by atoms with Crippen LogP contribution in [0.25, 0.3) is 0 Å². The zero-order valence-corrected chi connectivity index (χ0v) is 12.3. The van der Waals surface area contributed by atoms with E-state index in [4.69, 9.17) is 0 Å². The van der Waals surface area contributed by atoms with Crippen molar-refractivity contribution in [2.75, 3.05) is 13.1 Å². The highest BCUT2D eigenvalue weighted by molar-refractivity contribution is 5.96. The number of halogens is 1. The third-order valence-corrected chi connectivity index (χ3v) is 4.63. The number of carbonyl (C=O) groups is 1. The highest BCUT2D eigenvalue weighted by Gasteiger charge is 2.49. The van der Waals surface area contributed by atoms with Crippen LogP contribution in [-0.2, 0) is 12.1 Å². The van der Waals surface area contributed by atoms with E-state index in [1.54, 1.807) is 19.2 Å². The molecule has 112 valence electrons. The summed E-state index contributed by atoms with van der Waals surface area (Å²) in [5.41, 5.74) is 2.38. The summed E-state index contributed by atoms with van der Waals surface area (Å²) in [6.45, 7) is 3.09. The Balaban J connectivity index is 1.89. The number of fused-ring (bicyclic) bond motifs is 2. The number of benzene rings is 1. The summed E-state index contributed by atoms with van der Waals surface area (Å²) < 4.78 is 13.6. The molecule has 4 rings (SSSR count). The normalized spacial score (nSPS) is 23.4. The molecule has 1 unspecified atom stereocenters. The van der Waals surface area contributed by atoms with E-state index >= 15 is 0 Å². The molecule has 1 atom stereocenters. The van der Waals surface area contributed by atoms with E-state index in [1.807, 2.05) is 23.1 Å². The quantitative estimate of drug-likeness (QED) is 0.875. The summed E-state index contributed by atoms with van der Waals surface area (Å²) in [4.78, 5) is 18.8. The Hall–Kier alpha value is -2.27. The maximum atomic E-state index is 13.6. The van der Waals surface area contributed by atoms with Gasteiger partial charge in [0.25, 0.3) is 5.91 Å².